The normalized spacial score (nSPS) is 19.7. The number of hydrogen-bond donors (Lipinski definition) is 0. The summed E-state index contributed by atoms with van der Waals surface area (Å²) in [6.45, 7) is 2.04. The van der Waals surface area contributed by atoms with Crippen LogP contribution in [0.3, 0.4) is 0 Å². The highest BCUT2D eigenvalue weighted by Gasteiger charge is 2.28. The van der Waals surface area contributed by atoms with E-state index in [0.29, 0.717) is 12.8 Å². The number of nitrogens with zero attached hydrogens (tertiary/aromatic N) is 2. The number of aromatic nitrogens is 1. The van der Waals surface area contributed by atoms with E-state index in [0.717, 1.165) is 24.1 Å². The van der Waals surface area contributed by atoms with Crippen LogP contribution in [0, 0.1) is 10.1 Å². The fraction of sp³-hybridized carbons (Fsp3) is 0.545. The lowest BCUT2D eigenvalue weighted by Crippen LogP contribution is -2.28. The van der Waals surface area contributed by atoms with Gasteiger partial charge in [-0.2, -0.15) is 0 Å². The van der Waals surface area contributed by atoms with Crippen LogP contribution in [-0.2, 0) is 19.3 Å². The molecule has 0 spiro atoms. The molecule has 4 nitrogen and oxygen atoms in total. The molecule has 1 aromatic rings. The van der Waals surface area contributed by atoms with Crippen LogP contribution in [0.25, 0.3) is 0 Å². The topological polar surface area (TPSA) is 56.0 Å². The zero-order valence-electron chi connectivity index (χ0n) is 8.77. The monoisotopic (exact) mass is 206 g/mol. The van der Waals surface area contributed by atoms with Crippen LogP contribution in [0.2, 0.25) is 0 Å². The first-order valence-corrected chi connectivity index (χ1v) is 5.31. The molecule has 1 aliphatic rings. The SMILES string of the molecule is CCc1nccc2c1CC([N+](=O)[O-])CC2. The molecule has 80 valence electrons. The van der Waals surface area contributed by atoms with Crippen molar-refractivity contribution >= 4 is 0 Å². The second-order valence-electron chi connectivity index (χ2n) is 3.93. The van der Waals surface area contributed by atoms with Crippen molar-refractivity contribution in [1.29, 1.82) is 0 Å². The molecule has 1 aliphatic carbocycles. The van der Waals surface area contributed by atoms with Crippen molar-refractivity contribution in [1.82, 2.24) is 4.98 Å². The third-order valence-electron chi connectivity index (χ3n) is 3.06. The van der Waals surface area contributed by atoms with E-state index in [1.165, 1.54) is 5.56 Å². The zero-order chi connectivity index (χ0) is 10.8. The molecule has 1 unspecified atom stereocenters. The zero-order valence-corrected chi connectivity index (χ0v) is 8.77. The smallest absolute Gasteiger partial charge is 0.217 e. The molecule has 4 heteroatoms. The van der Waals surface area contributed by atoms with Crippen LogP contribution in [0.1, 0.15) is 30.2 Å². The van der Waals surface area contributed by atoms with Gasteiger partial charge >= 0.3 is 0 Å². The van der Waals surface area contributed by atoms with E-state index in [9.17, 15) is 10.1 Å². The highest BCUT2D eigenvalue weighted by Crippen LogP contribution is 2.24. The minimum absolute atomic E-state index is 0.157. The van der Waals surface area contributed by atoms with Gasteiger partial charge in [0.05, 0.1) is 0 Å². The first-order valence-electron chi connectivity index (χ1n) is 5.31. The maximum Gasteiger partial charge on any atom is 0.217 e. The highest BCUT2D eigenvalue weighted by molar-refractivity contribution is 5.33. The molecule has 0 bridgehead atoms. The maximum absolute atomic E-state index is 10.7. The van der Waals surface area contributed by atoms with Crippen LogP contribution >= 0.6 is 0 Å². The molecule has 0 N–H and O–H groups in total. The minimum Gasteiger partial charge on any atom is -0.264 e. The Balaban J connectivity index is 2.34. The lowest BCUT2D eigenvalue weighted by Gasteiger charge is -2.20. The molecule has 1 heterocycles. The van der Waals surface area contributed by atoms with E-state index in [2.05, 4.69) is 4.98 Å². The quantitative estimate of drug-likeness (QED) is 0.547. The maximum atomic E-state index is 10.7. The van der Waals surface area contributed by atoms with Crippen molar-refractivity contribution in [3.63, 3.8) is 0 Å². The third-order valence-corrected chi connectivity index (χ3v) is 3.06. The van der Waals surface area contributed by atoms with Crippen molar-refractivity contribution in [2.45, 2.75) is 38.6 Å². The predicted octanol–water partition coefficient (Wildman–Crippen LogP) is 1.78. The summed E-state index contributed by atoms with van der Waals surface area (Å²) in [5.41, 5.74) is 3.40. The molecule has 0 saturated carbocycles. The van der Waals surface area contributed by atoms with Gasteiger partial charge in [-0.05, 0) is 30.0 Å². The average Bonchev–Trinajstić information content (AvgIpc) is 2.27. The fourth-order valence-corrected chi connectivity index (χ4v) is 2.21. The molecule has 0 aromatic carbocycles. The van der Waals surface area contributed by atoms with Crippen molar-refractivity contribution < 1.29 is 4.92 Å². The van der Waals surface area contributed by atoms with Gasteiger partial charge in [-0.3, -0.25) is 15.1 Å². The first kappa shape index (κ1) is 10.1. The van der Waals surface area contributed by atoms with Gasteiger partial charge in [0.1, 0.15) is 0 Å². The van der Waals surface area contributed by atoms with Gasteiger partial charge < -0.3 is 0 Å². The lowest BCUT2D eigenvalue weighted by atomic mass is 9.87. The molecule has 1 aromatic heterocycles. The van der Waals surface area contributed by atoms with Crippen molar-refractivity contribution in [3.8, 4) is 0 Å². The molecule has 0 saturated heterocycles. The first-order chi connectivity index (χ1) is 7.22. The fourth-order valence-electron chi connectivity index (χ4n) is 2.21. The summed E-state index contributed by atoms with van der Waals surface area (Å²) in [4.78, 5) is 14.9. The summed E-state index contributed by atoms with van der Waals surface area (Å²) >= 11 is 0. The molecule has 15 heavy (non-hydrogen) atoms. The summed E-state index contributed by atoms with van der Waals surface area (Å²) in [7, 11) is 0. The van der Waals surface area contributed by atoms with Crippen LogP contribution < -0.4 is 0 Å². The Morgan fingerprint density at radius 3 is 3.13 bits per heavy atom. The number of pyridine rings is 1. The number of fused-ring (bicyclic) bond motifs is 1. The lowest BCUT2D eigenvalue weighted by molar-refractivity contribution is -0.523. The molecule has 0 aliphatic heterocycles. The van der Waals surface area contributed by atoms with Gasteiger partial charge in [0.2, 0.25) is 6.04 Å². The van der Waals surface area contributed by atoms with Crippen LogP contribution in [-0.4, -0.2) is 15.9 Å². The Morgan fingerprint density at radius 1 is 1.67 bits per heavy atom. The summed E-state index contributed by atoms with van der Waals surface area (Å²) in [5, 5.41) is 10.7. The Morgan fingerprint density at radius 2 is 2.47 bits per heavy atom. The minimum atomic E-state index is -0.410. The van der Waals surface area contributed by atoms with E-state index in [-0.39, 0.29) is 4.92 Å². The summed E-state index contributed by atoms with van der Waals surface area (Å²) in [5.74, 6) is 0. The largest absolute Gasteiger partial charge is 0.264 e. The Kier molecular flexibility index (Phi) is 2.66. The highest BCUT2D eigenvalue weighted by atomic mass is 16.6. The van der Waals surface area contributed by atoms with Gasteiger partial charge in [0, 0.05) is 29.7 Å². The standard InChI is InChI=1S/C11H14N2O2/c1-2-11-10-7-9(13(14)15)4-3-8(10)5-6-12-11/h5-6,9H,2-4,7H2,1H3. The van der Waals surface area contributed by atoms with Gasteiger partial charge in [0.25, 0.3) is 0 Å². The van der Waals surface area contributed by atoms with Gasteiger partial charge in [-0.1, -0.05) is 6.92 Å². The number of hydrogen-bond acceptors (Lipinski definition) is 3. The van der Waals surface area contributed by atoms with E-state index in [1.54, 1.807) is 0 Å². The third kappa shape index (κ3) is 1.84. The van der Waals surface area contributed by atoms with Gasteiger partial charge in [-0.25, -0.2) is 0 Å². The summed E-state index contributed by atoms with van der Waals surface area (Å²) in [6.07, 6.45) is 4.70. The summed E-state index contributed by atoms with van der Waals surface area (Å²) in [6, 6.07) is 1.58. The second-order valence-corrected chi connectivity index (χ2v) is 3.93. The Labute approximate surface area is 88.5 Å². The molecule has 0 amide bonds. The molecule has 1 atom stereocenters. The second kappa shape index (κ2) is 3.96. The Hall–Kier alpha value is -1.45. The van der Waals surface area contributed by atoms with Crippen LogP contribution in [0.15, 0.2) is 12.3 Å². The number of nitro groups is 1. The molecule has 2 rings (SSSR count). The van der Waals surface area contributed by atoms with E-state index in [1.807, 2.05) is 19.2 Å². The van der Waals surface area contributed by atoms with Gasteiger partial charge in [-0.15, -0.1) is 0 Å². The number of rotatable bonds is 2. The molecular formula is C11H14N2O2. The van der Waals surface area contributed by atoms with E-state index in [4.69, 9.17) is 0 Å². The predicted molar refractivity (Wildman–Crippen MR) is 56.4 cm³/mol. The van der Waals surface area contributed by atoms with E-state index >= 15 is 0 Å². The number of aryl methyl sites for hydroxylation is 2. The molecule has 0 radical (unpaired) electrons. The summed E-state index contributed by atoms with van der Waals surface area (Å²) < 4.78 is 0. The van der Waals surface area contributed by atoms with Crippen molar-refractivity contribution in [3.05, 3.63) is 39.2 Å². The van der Waals surface area contributed by atoms with Gasteiger partial charge in [0.15, 0.2) is 0 Å². The van der Waals surface area contributed by atoms with Crippen LogP contribution in [0.4, 0.5) is 0 Å². The average molecular weight is 206 g/mol. The molecular weight excluding hydrogens is 192 g/mol. The molecule has 0 fully saturated rings. The van der Waals surface area contributed by atoms with Crippen molar-refractivity contribution in [2.24, 2.45) is 0 Å². The van der Waals surface area contributed by atoms with Crippen LogP contribution in [0.5, 0.6) is 0 Å². The van der Waals surface area contributed by atoms with E-state index < -0.39 is 6.04 Å². The Bertz CT molecular complexity index is 376. The van der Waals surface area contributed by atoms with Crippen molar-refractivity contribution in [2.75, 3.05) is 0 Å².